The predicted octanol–water partition coefficient (Wildman–Crippen LogP) is 3.84. The first-order valence-electron chi connectivity index (χ1n) is 5.29. The van der Waals surface area contributed by atoms with E-state index in [0.29, 0.717) is 0 Å². The van der Waals surface area contributed by atoms with Gasteiger partial charge in [-0.25, -0.2) is 0 Å². The van der Waals surface area contributed by atoms with E-state index in [-0.39, 0.29) is 0 Å². The molecule has 0 heterocycles. The van der Waals surface area contributed by atoms with Gasteiger partial charge in [-0.1, -0.05) is 32.0 Å². The highest BCUT2D eigenvalue weighted by atomic mass is 32.2. The minimum Gasteiger partial charge on any atom is -0.192 e. The number of hydrogen-bond acceptors (Lipinski definition) is 2. The van der Waals surface area contributed by atoms with E-state index in [9.17, 15) is 0 Å². The highest BCUT2D eigenvalue weighted by Crippen LogP contribution is 2.17. The summed E-state index contributed by atoms with van der Waals surface area (Å²) in [6, 6.07) is 10.1. The normalized spacial score (nSPS) is 10.3. The lowest BCUT2D eigenvalue weighted by Gasteiger charge is -2.05. The zero-order chi connectivity index (χ0) is 11.1. The van der Waals surface area contributed by atoms with Crippen LogP contribution in [0.15, 0.2) is 24.3 Å². The Hall–Kier alpha value is -0.940. The number of nitriles is 1. The Morgan fingerprint density at radius 2 is 2.07 bits per heavy atom. The van der Waals surface area contributed by atoms with Crippen molar-refractivity contribution in [2.45, 2.75) is 26.0 Å². The van der Waals surface area contributed by atoms with Crippen LogP contribution in [0.25, 0.3) is 0 Å². The second-order valence-corrected chi connectivity index (χ2v) is 5.11. The number of nitrogens with zero attached hydrogens (tertiary/aromatic N) is 1. The van der Waals surface area contributed by atoms with Crippen molar-refractivity contribution in [3.63, 3.8) is 0 Å². The average molecular weight is 219 g/mol. The van der Waals surface area contributed by atoms with Crippen LogP contribution in [0.5, 0.6) is 0 Å². The number of rotatable bonds is 5. The van der Waals surface area contributed by atoms with E-state index < -0.39 is 0 Å². The Labute approximate surface area is 96.5 Å². The van der Waals surface area contributed by atoms with E-state index in [1.165, 1.54) is 12.2 Å². The lowest BCUT2D eigenvalue weighted by molar-refractivity contribution is 0.632. The van der Waals surface area contributed by atoms with Gasteiger partial charge in [-0.3, -0.25) is 0 Å². The first-order chi connectivity index (χ1) is 7.24. The fourth-order valence-electron chi connectivity index (χ4n) is 1.26. The molecule has 1 nitrogen and oxygen atoms in total. The summed E-state index contributed by atoms with van der Waals surface area (Å²) in [5.74, 6) is 2.90. The molecule has 0 atom stereocenters. The molecule has 0 saturated carbocycles. The van der Waals surface area contributed by atoms with E-state index in [2.05, 4.69) is 19.9 Å². The van der Waals surface area contributed by atoms with Crippen molar-refractivity contribution in [1.29, 1.82) is 5.26 Å². The second-order valence-electron chi connectivity index (χ2n) is 4.00. The highest BCUT2D eigenvalue weighted by Gasteiger charge is 2.01. The van der Waals surface area contributed by atoms with Crippen LogP contribution in [0.4, 0.5) is 0 Å². The van der Waals surface area contributed by atoms with E-state index in [0.717, 1.165) is 22.8 Å². The summed E-state index contributed by atoms with van der Waals surface area (Å²) in [5, 5.41) is 8.90. The van der Waals surface area contributed by atoms with Crippen LogP contribution >= 0.6 is 11.8 Å². The van der Waals surface area contributed by atoms with Crippen molar-refractivity contribution in [2.75, 3.05) is 5.75 Å². The predicted molar refractivity (Wildman–Crippen MR) is 66.8 cm³/mol. The third kappa shape index (κ3) is 4.40. The molecule has 0 spiro atoms. The Kier molecular flexibility index (Phi) is 5.28. The van der Waals surface area contributed by atoms with Crippen LogP contribution in [-0.4, -0.2) is 5.75 Å². The first-order valence-corrected chi connectivity index (χ1v) is 6.45. The van der Waals surface area contributed by atoms with Crippen molar-refractivity contribution in [1.82, 2.24) is 0 Å². The standard InChI is InChI=1S/C13H17NS/c1-11(2)7-8-15-10-13-6-4-3-5-12(13)9-14/h3-6,11H,7-8,10H2,1-2H3. The Bertz CT molecular complexity index is 339. The maximum Gasteiger partial charge on any atom is 0.0994 e. The number of benzene rings is 1. The Balaban J connectivity index is 2.41. The van der Waals surface area contributed by atoms with Crippen LogP contribution in [-0.2, 0) is 5.75 Å². The van der Waals surface area contributed by atoms with Gasteiger partial charge in [-0.05, 0) is 29.7 Å². The first kappa shape index (κ1) is 12.1. The molecule has 0 N–H and O–H groups in total. The molecule has 2 heteroatoms. The Morgan fingerprint density at radius 3 is 2.73 bits per heavy atom. The molecule has 0 aliphatic heterocycles. The third-order valence-electron chi connectivity index (χ3n) is 2.23. The fraction of sp³-hybridized carbons (Fsp3) is 0.462. The minimum absolute atomic E-state index is 0.767. The van der Waals surface area contributed by atoms with Crippen LogP contribution in [0.1, 0.15) is 31.4 Å². The van der Waals surface area contributed by atoms with E-state index >= 15 is 0 Å². The molecular weight excluding hydrogens is 202 g/mol. The van der Waals surface area contributed by atoms with Crippen LogP contribution in [0.3, 0.4) is 0 Å². The summed E-state index contributed by atoms with van der Waals surface area (Å²) in [7, 11) is 0. The molecule has 1 aromatic rings. The van der Waals surface area contributed by atoms with Crippen LogP contribution in [0, 0.1) is 17.2 Å². The monoisotopic (exact) mass is 219 g/mol. The van der Waals surface area contributed by atoms with Gasteiger partial charge in [0.15, 0.2) is 0 Å². The SMILES string of the molecule is CC(C)CCSCc1ccccc1C#N. The molecule has 0 fully saturated rings. The van der Waals surface area contributed by atoms with E-state index in [4.69, 9.17) is 5.26 Å². The number of hydrogen-bond donors (Lipinski definition) is 0. The van der Waals surface area contributed by atoms with E-state index in [1.54, 1.807) is 0 Å². The molecule has 0 amide bonds. The van der Waals surface area contributed by atoms with Gasteiger partial charge in [-0.2, -0.15) is 17.0 Å². The second kappa shape index (κ2) is 6.53. The quantitative estimate of drug-likeness (QED) is 0.703. The molecule has 15 heavy (non-hydrogen) atoms. The number of thioether (sulfide) groups is 1. The molecule has 0 aliphatic carbocycles. The molecule has 0 bridgehead atoms. The van der Waals surface area contributed by atoms with Gasteiger partial charge in [0.25, 0.3) is 0 Å². The van der Waals surface area contributed by atoms with Gasteiger partial charge < -0.3 is 0 Å². The van der Waals surface area contributed by atoms with Crippen molar-refractivity contribution < 1.29 is 0 Å². The molecular formula is C13H17NS. The van der Waals surface area contributed by atoms with Gasteiger partial charge in [0.05, 0.1) is 11.6 Å². The van der Waals surface area contributed by atoms with Gasteiger partial charge in [0.1, 0.15) is 0 Å². The molecule has 0 aliphatic rings. The lowest BCUT2D eigenvalue weighted by Crippen LogP contribution is -1.92. The summed E-state index contributed by atoms with van der Waals surface area (Å²) in [6.07, 6.45) is 1.25. The van der Waals surface area contributed by atoms with Crippen molar-refractivity contribution in [3.05, 3.63) is 35.4 Å². The van der Waals surface area contributed by atoms with Crippen molar-refractivity contribution >= 4 is 11.8 Å². The van der Waals surface area contributed by atoms with Gasteiger partial charge in [-0.15, -0.1) is 0 Å². The molecule has 0 aromatic heterocycles. The molecule has 0 saturated heterocycles. The topological polar surface area (TPSA) is 23.8 Å². The lowest BCUT2D eigenvalue weighted by atomic mass is 10.1. The summed E-state index contributed by atoms with van der Waals surface area (Å²) in [6.45, 7) is 4.48. The smallest absolute Gasteiger partial charge is 0.0994 e. The molecule has 1 aromatic carbocycles. The molecule has 80 valence electrons. The summed E-state index contributed by atoms with van der Waals surface area (Å²) < 4.78 is 0. The summed E-state index contributed by atoms with van der Waals surface area (Å²) in [5.41, 5.74) is 1.98. The maximum atomic E-state index is 8.90. The van der Waals surface area contributed by atoms with Crippen molar-refractivity contribution in [2.24, 2.45) is 5.92 Å². The van der Waals surface area contributed by atoms with Gasteiger partial charge in [0.2, 0.25) is 0 Å². The Morgan fingerprint density at radius 1 is 1.33 bits per heavy atom. The molecule has 0 unspecified atom stereocenters. The maximum absolute atomic E-state index is 8.90. The van der Waals surface area contributed by atoms with Crippen molar-refractivity contribution in [3.8, 4) is 6.07 Å². The largest absolute Gasteiger partial charge is 0.192 e. The van der Waals surface area contributed by atoms with Crippen LogP contribution in [0.2, 0.25) is 0 Å². The summed E-state index contributed by atoms with van der Waals surface area (Å²) >= 11 is 1.91. The third-order valence-corrected chi connectivity index (χ3v) is 3.27. The van der Waals surface area contributed by atoms with E-state index in [1.807, 2.05) is 36.0 Å². The van der Waals surface area contributed by atoms with Gasteiger partial charge in [0, 0.05) is 5.75 Å². The van der Waals surface area contributed by atoms with Crippen LogP contribution < -0.4 is 0 Å². The summed E-state index contributed by atoms with van der Waals surface area (Å²) in [4.78, 5) is 0. The van der Waals surface area contributed by atoms with Gasteiger partial charge >= 0.3 is 0 Å². The highest BCUT2D eigenvalue weighted by molar-refractivity contribution is 7.98. The molecule has 0 radical (unpaired) electrons. The molecule has 1 rings (SSSR count). The fourth-order valence-corrected chi connectivity index (χ4v) is 2.51. The average Bonchev–Trinajstić information content (AvgIpc) is 2.24. The zero-order valence-electron chi connectivity index (χ0n) is 9.36. The zero-order valence-corrected chi connectivity index (χ0v) is 10.2. The minimum atomic E-state index is 0.767.